The van der Waals surface area contributed by atoms with Gasteiger partial charge in [0.15, 0.2) is 17.2 Å². The lowest BCUT2D eigenvalue weighted by molar-refractivity contribution is -0.122. The van der Waals surface area contributed by atoms with Crippen LogP contribution in [0.4, 0.5) is 4.79 Å². The lowest BCUT2D eigenvalue weighted by Gasteiger charge is -2.43. The predicted molar refractivity (Wildman–Crippen MR) is 107 cm³/mol. The van der Waals surface area contributed by atoms with Gasteiger partial charge in [0.05, 0.1) is 0 Å². The second kappa shape index (κ2) is 6.89. The van der Waals surface area contributed by atoms with Crippen molar-refractivity contribution in [1.29, 1.82) is 0 Å². The molecule has 1 aromatic heterocycles. The van der Waals surface area contributed by atoms with E-state index in [9.17, 15) is 14.4 Å². The molecule has 1 saturated heterocycles. The molecule has 0 saturated carbocycles. The maximum atomic E-state index is 13.1. The number of aliphatic imine (C=N–C) groups is 2. The van der Waals surface area contributed by atoms with Crippen molar-refractivity contribution in [3.05, 3.63) is 64.4 Å². The monoisotopic (exact) mass is 409 g/mol. The average molecular weight is 410 g/mol. The van der Waals surface area contributed by atoms with Gasteiger partial charge in [-0.1, -0.05) is 35.9 Å². The molecule has 2 aromatic rings. The smallest absolute Gasteiger partial charge is 0.297 e. The van der Waals surface area contributed by atoms with Crippen LogP contribution in [0, 0.1) is 0 Å². The molecule has 29 heavy (non-hydrogen) atoms. The molecule has 1 fully saturated rings. The SMILES string of the molecule is CN1C(=O)C2=NC=NC2(Cc2ccccc2C(=O)c2ccc(Cl)nc2)N(C)C1=O. The largest absolute Gasteiger partial charge is 0.328 e. The van der Waals surface area contributed by atoms with Crippen molar-refractivity contribution in [1.82, 2.24) is 14.8 Å². The van der Waals surface area contributed by atoms with Crippen LogP contribution >= 0.6 is 11.6 Å². The van der Waals surface area contributed by atoms with Gasteiger partial charge in [0.1, 0.15) is 11.5 Å². The molecule has 146 valence electrons. The number of benzene rings is 1. The number of ketones is 1. The minimum Gasteiger partial charge on any atom is -0.297 e. The average Bonchev–Trinajstić information content (AvgIpc) is 3.16. The van der Waals surface area contributed by atoms with Crippen molar-refractivity contribution in [3.8, 4) is 0 Å². The summed E-state index contributed by atoms with van der Waals surface area (Å²) in [6.45, 7) is 0. The fourth-order valence-electron chi connectivity index (χ4n) is 3.52. The Morgan fingerprint density at radius 3 is 2.62 bits per heavy atom. The highest BCUT2D eigenvalue weighted by Crippen LogP contribution is 2.33. The zero-order valence-electron chi connectivity index (χ0n) is 15.7. The number of likely N-dealkylation sites (N-methyl/N-ethyl adjacent to an activating group) is 1. The summed E-state index contributed by atoms with van der Waals surface area (Å²) in [5.74, 6) is -0.744. The molecule has 0 N–H and O–H groups in total. The Labute approximate surface area is 171 Å². The Balaban J connectivity index is 1.76. The number of carbonyl (C=O) groups is 3. The van der Waals surface area contributed by atoms with Crippen molar-refractivity contribution in [2.75, 3.05) is 14.1 Å². The number of hydrogen-bond acceptors (Lipinski definition) is 6. The normalized spacial score (nSPS) is 20.7. The molecule has 0 aliphatic carbocycles. The molecule has 1 atom stereocenters. The summed E-state index contributed by atoms with van der Waals surface area (Å²) in [7, 11) is 2.97. The highest BCUT2D eigenvalue weighted by atomic mass is 35.5. The molecule has 8 nitrogen and oxygen atoms in total. The van der Waals surface area contributed by atoms with E-state index in [1.165, 1.54) is 24.5 Å². The molecule has 2 aliphatic heterocycles. The highest BCUT2D eigenvalue weighted by molar-refractivity contribution is 6.48. The number of hydrogen-bond donors (Lipinski definition) is 0. The number of nitrogens with zero attached hydrogens (tertiary/aromatic N) is 5. The summed E-state index contributed by atoms with van der Waals surface area (Å²) in [6.07, 6.45) is 2.83. The molecule has 9 heteroatoms. The van der Waals surface area contributed by atoms with Crippen molar-refractivity contribution in [3.63, 3.8) is 0 Å². The van der Waals surface area contributed by atoms with E-state index in [2.05, 4.69) is 15.0 Å². The molecular weight excluding hydrogens is 394 g/mol. The van der Waals surface area contributed by atoms with Gasteiger partial charge in [0.2, 0.25) is 0 Å². The standard InChI is InChI=1S/C20H16ClN5O3/c1-25-18(28)17-20(24-11-23-17,26(2)19(25)29)9-12-5-3-4-6-14(12)16(27)13-7-8-15(21)22-10-13/h3-8,10-11H,9H2,1-2H3. The van der Waals surface area contributed by atoms with Crippen LogP contribution in [-0.2, 0) is 11.2 Å². The molecule has 0 radical (unpaired) electrons. The van der Waals surface area contributed by atoms with Gasteiger partial charge in [-0.25, -0.2) is 19.8 Å². The molecule has 0 spiro atoms. The van der Waals surface area contributed by atoms with E-state index in [1.54, 1.807) is 43.4 Å². The number of imide groups is 1. The second-order valence-electron chi connectivity index (χ2n) is 6.78. The minimum absolute atomic E-state index is 0.132. The summed E-state index contributed by atoms with van der Waals surface area (Å²) in [5, 5.41) is 0.292. The maximum Gasteiger partial charge on any atom is 0.328 e. The predicted octanol–water partition coefficient (Wildman–Crippen LogP) is 2.21. The Kier molecular flexibility index (Phi) is 4.50. The van der Waals surface area contributed by atoms with Crippen LogP contribution < -0.4 is 0 Å². The van der Waals surface area contributed by atoms with Crippen molar-refractivity contribution >= 4 is 41.4 Å². The third-order valence-electron chi connectivity index (χ3n) is 5.16. The molecule has 1 unspecified atom stereocenters. The second-order valence-corrected chi connectivity index (χ2v) is 7.16. The van der Waals surface area contributed by atoms with E-state index in [0.29, 0.717) is 21.8 Å². The summed E-state index contributed by atoms with van der Waals surface area (Å²) < 4.78 is 0. The molecular formula is C20H16ClN5O3. The van der Waals surface area contributed by atoms with Crippen LogP contribution in [0.2, 0.25) is 5.15 Å². The molecule has 2 aliphatic rings. The van der Waals surface area contributed by atoms with Crippen LogP contribution in [0.15, 0.2) is 52.6 Å². The quantitative estimate of drug-likeness (QED) is 0.571. The summed E-state index contributed by atoms with van der Waals surface area (Å²) in [5.41, 5.74) is 0.315. The van der Waals surface area contributed by atoms with Gasteiger partial charge in [-0.3, -0.25) is 19.4 Å². The van der Waals surface area contributed by atoms with Gasteiger partial charge in [-0.2, -0.15) is 0 Å². The van der Waals surface area contributed by atoms with E-state index in [1.807, 2.05) is 0 Å². The van der Waals surface area contributed by atoms with Gasteiger partial charge in [-0.15, -0.1) is 0 Å². The Morgan fingerprint density at radius 2 is 1.90 bits per heavy atom. The summed E-state index contributed by atoms with van der Waals surface area (Å²) in [4.78, 5) is 53.1. The number of halogens is 1. The number of pyridine rings is 1. The van der Waals surface area contributed by atoms with Gasteiger partial charge < -0.3 is 0 Å². The summed E-state index contributed by atoms with van der Waals surface area (Å²) in [6, 6.07) is 9.66. The number of aromatic nitrogens is 1. The van der Waals surface area contributed by atoms with Crippen LogP contribution in [0.5, 0.6) is 0 Å². The molecule has 0 bridgehead atoms. The van der Waals surface area contributed by atoms with Gasteiger partial charge in [0, 0.05) is 37.8 Å². The third-order valence-corrected chi connectivity index (χ3v) is 5.39. The highest BCUT2D eigenvalue weighted by Gasteiger charge is 2.54. The van der Waals surface area contributed by atoms with E-state index in [4.69, 9.17) is 11.6 Å². The first-order valence-corrected chi connectivity index (χ1v) is 9.15. The Morgan fingerprint density at radius 1 is 1.14 bits per heavy atom. The zero-order chi connectivity index (χ0) is 20.8. The topological polar surface area (TPSA) is 95.3 Å². The van der Waals surface area contributed by atoms with Crippen molar-refractivity contribution in [2.45, 2.75) is 12.1 Å². The number of rotatable bonds is 4. The molecule has 1 aromatic carbocycles. The van der Waals surface area contributed by atoms with Crippen molar-refractivity contribution in [2.24, 2.45) is 9.98 Å². The molecule has 4 rings (SSSR count). The van der Waals surface area contributed by atoms with E-state index < -0.39 is 17.6 Å². The van der Waals surface area contributed by atoms with Gasteiger partial charge in [0.25, 0.3) is 5.91 Å². The van der Waals surface area contributed by atoms with E-state index in [0.717, 1.165) is 4.90 Å². The first kappa shape index (κ1) is 18.9. The van der Waals surface area contributed by atoms with Crippen LogP contribution in [0.3, 0.4) is 0 Å². The van der Waals surface area contributed by atoms with Gasteiger partial charge in [-0.05, 0) is 17.7 Å². The Bertz CT molecular complexity index is 1100. The third kappa shape index (κ3) is 2.92. The van der Waals surface area contributed by atoms with Crippen LogP contribution in [0.25, 0.3) is 0 Å². The molecule has 3 heterocycles. The molecule has 3 amide bonds. The minimum atomic E-state index is -1.28. The number of carbonyl (C=O) groups excluding carboxylic acids is 3. The first-order chi connectivity index (χ1) is 13.8. The van der Waals surface area contributed by atoms with Crippen LogP contribution in [0.1, 0.15) is 21.5 Å². The Hall–Kier alpha value is -3.39. The fourth-order valence-corrected chi connectivity index (χ4v) is 3.63. The number of fused-ring (bicyclic) bond motifs is 1. The van der Waals surface area contributed by atoms with Gasteiger partial charge >= 0.3 is 6.03 Å². The lowest BCUT2D eigenvalue weighted by Crippen LogP contribution is -2.66. The van der Waals surface area contributed by atoms with E-state index >= 15 is 0 Å². The van der Waals surface area contributed by atoms with E-state index in [-0.39, 0.29) is 17.9 Å². The number of urea groups is 1. The summed E-state index contributed by atoms with van der Waals surface area (Å²) >= 11 is 5.81. The van der Waals surface area contributed by atoms with Crippen LogP contribution in [-0.4, -0.2) is 64.3 Å². The van der Waals surface area contributed by atoms with Crippen molar-refractivity contribution < 1.29 is 14.4 Å². The lowest BCUT2D eigenvalue weighted by atomic mass is 9.87. The fraction of sp³-hybridized carbons (Fsp3) is 0.200. The maximum absolute atomic E-state index is 13.1. The first-order valence-electron chi connectivity index (χ1n) is 8.77. The zero-order valence-corrected chi connectivity index (χ0v) is 16.4. The number of amides is 3.